The van der Waals surface area contributed by atoms with Gasteiger partial charge in [0.25, 0.3) is 4.74 Å². The third-order valence-corrected chi connectivity index (χ3v) is 5.54. The van der Waals surface area contributed by atoms with E-state index in [1.807, 2.05) is 6.92 Å². The maximum atomic E-state index is 11.6. The Labute approximate surface area is 103 Å². The van der Waals surface area contributed by atoms with Gasteiger partial charge in [-0.1, -0.05) is 32.0 Å². The Hall–Kier alpha value is -0.920. The number of hydrogen-bond donors (Lipinski definition) is 0. The largest absolute Gasteiger partial charge is 0.488 e. The lowest BCUT2D eigenvalue weighted by atomic mass is 10.3. The molecule has 86 valence electrons. The van der Waals surface area contributed by atoms with Gasteiger partial charge in [0.05, 0.1) is 18.6 Å². The van der Waals surface area contributed by atoms with Crippen LogP contribution in [0.3, 0.4) is 0 Å². The second-order valence-corrected chi connectivity index (χ2v) is 5.93. The highest BCUT2D eigenvalue weighted by atomic mass is 32.9. The average Bonchev–Trinajstić information content (AvgIpc) is 2.79. The average molecular weight is 276 g/mol. The van der Waals surface area contributed by atoms with Crippen molar-refractivity contribution in [3.05, 3.63) is 14.4 Å². The zero-order valence-electron chi connectivity index (χ0n) is 8.56. The summed E-state index contributed by atoms with van der Waals surface area (Å²) in [7, 11) is 4.01. The molecule has 0 saturated carbocycles. The molecule has 0 amide bonds. The van der Waals surface area contributed by atoms with Crippen LogP contribution in [0.5, 0.6) is 5.75 Å². The number of esters is 1. The summed E-state index contributed by atoms with van der Waals surface area (Å²) >= 11 is 1.04. The van der Waals surface area contributed by atoms with Crippen molar-refractivity contribution in [3.8, 4) is 15.5 Å². The molecule has 4 nitrogen and oxygen atoms in total. The first kappa shape index (κ1) is 11.6. The molecule has 0 fully saturated rings. The minimum Gasteiger partial charge on any atom is -0.488 e. The number of rotatable bonds is 3. The van der Waals surface area contributed by atoms with Gasteiger partial charge >= 0.3 is 5.97 Å². The molecule has 16 heavy (non-hydrogen) atoms. The summed E-state index contributed by atoms with van der Waals surface area (Å²) in [5, 5.41) is 0. The monoisotopic (exact) mass is 276 g/mol. The number of hydrogen-bond acceptors (Lipinski definition) is 7. The molecule has 0 aromatic carbocycles. The molecule has 7 heteroatoms. The van der Waals surface area contributed by atoms with Crippen LogP contribution < -0.4 is 9.48 Å². The van der Waals surface area contributed by atoms with Crippen LogP contribution in [0.1, 0.15) is 16.6 Å². The van der Waals surface area contributed by atoms with Crippen LogP contribution in [0.25, 0.3) is 9.75 Å². The fourth-order valence-electron chi connectivity index (χ4n) is 1.22. The van der Waals surface area contributed by atoms with Crippen molar-refractivity contribution in [2.75, 3.05) is 13.7 Å². The Morgan fingerprint density at radius 3 is 2.69 bits per heavy atom. The number of carbonyl (C=O) groups is 1. The van der Waals surface area contributed by atoms with E-state index < -0.39 is 5.97 Å². The first-order valence-corrected chi connectivity index (χ1v) is 7.42. The van der Waals surface area contributed by atoms with Crippen molar-refractivity contribution in [2.24, 2.45) is 0 Å². The molecule has 0 atom stereocenters. The van der Waals surface area contributed by atoms with Gasteiger partial charge in [-0.2, -0.15) is 0 Å². The summed E-state index contributed by atoms with van der Waals surface area (Å²) in [6.45, 7) is 2.26. The molecular weight excluding hydrogens is 268 g/mol. The molecule has 2 rings (SSSR count). The van der Waals surface area contributed by atoms with E-state index in [9.17, 15) is 9.59 Å². The van der Waals surface area contributed by atoms with Crippen LogP contribution in [0, 0.1) is 0 Å². The molecule has 2 aliphatic rings. The predicted molar refractivity (Wildman–Crippen MR) is 65.5 cm³/mol. The first-order chi connectivity index (χ1) is 7.69. The van der Waals surface area contributed by atoms with Crippen LogP contribution in [0.4, 0.5) is 0 Å². The second-order valence-electron chi connectivity index (χ2n) is 2.80. The Kier molecular flexibility index (Phi) is 3.27. The quantitative estimate of drug-likeness (QED) is 0.638. The minimum atomic E-state index is -0.402. The predicted octanol–water partition coefficient (Wildman–Crippen LogP) is 2.52. The topological polar surface area (TPSA) is 52.6 Å². The molecule has 2 heterocycles. The molecule has 0 saturated heterocycles. The zero-order chi connectivity index (χ0) is 11.7. The van der Waals surface area contributed by atoms with Crippen LogP contribution in [-0.4, -0.2) is 19.7 Å². The fourth-order valence-corrected chi connectivity index (χ4v) is 5.29. The smallest absolute Gasteiger partial charge is 0.350 e. The summed E-state index contributed by atoms with van der Waals surface area (Å²) < 4.78 is 9.80. The van der Waals surface area contributed by atoms with Crippen molar-refractivity contribution < 1.29 is 14.3 Å². The zero-order valence-corrected chi connectivity index (χ0v) is 11.0. The highest BCUT2D eigenvalue weighted by Crippen LogP contribution is 2.45. The lowest BCUT2D eigenvalue weighted by Gasteiger charge is -1.97. The fraction of sp³-hybridized carbons (Fsp3) is 0.333. The van der Waals surface area contributed by atoms with Gasteiger partial charge in [-0.25, -0.2) is 4.79 Å². The molecule has 0 aliphatic carbocycles. The third-order valence-electron chi connectivity index (χ3n) is 1.87. The lowest BCUT2D eigenvalue weighted by Crippen LogP contribution is -1.99. The van der Waals surface area contributed by atoms with Crippen molar-refractivity contribution in [1.29, 1.82) is 0 Å². The Balaban J connectivity index is 2.52. The minimum absolute atomic E-state index is 0.138. The van der Waals surface area contributed by atoms with E-state index in [1.165, 1.54) is 27.8 Å². The van der Waals surface area contributed by atoms with Gasteiger partial charge in [-0.05, 0) is 6.92 Å². The lowest BCUT2D eigenvalue weighted by molar-refractivity contribution is 0.0607. The van der Waals surface area contributed by atoms with Crippen molar-refractivity contribution in [3.63, 3.8) is 0 Å². The Morgan fingerprint density at radius 1 is 1.31 bits per heavy atom. The van der Waals surface area contributed by atoms with E-state index in [1.54, 1.807) is 0 Å². The van der Waals surface area contributed by atoms with Gasteiger partial charge < -0.3 is 9.47 Å². The Morgan fingerprint density at radius 2 is 2.06 bits per heavy atom. The maximum absolute atomic E-state index is 11.6. The molecule has 0 unspecified atom stereocenters. The van der Waals surface area contributed by atoms with Gasteiger partial charge in [0.2, 0.25) is 0 Å². The van der Waals surface area contributed by atoms with Crippen LogP contribution >= 0.6 is 32.0 Å². The van der Waals surface area contributed by atoms with Crippen molar-refractivity contribution >= 4 is 38.0 Å². The highest BCUT2D eigenvalue weighted by molar-refractivity contribution is 7.72. The highest BCUT2D eigenvalue weighted by Gasteiger charge is 2.27. The molecule has 0 aromatic rings. The van der Waals surface area contributed by atoms with E-state index in [4.69, 9.17) is 4.74 Å². The SMILES string of the molecule is CCOc1c2ssc(C(=O)OC)c-2sc1=O. The van der Waals surface area contributed by atoms with Crippen LogP contribution in [-0.2, 0) is 4.74 Å². The van der Waals surface area contributed by atoms with E-state index >= 15 is 0 Å². The second kappa shape index (κ2) is 4.52. The first-order valence-electron chi connectivity index (χ1n) is 4.45. The van der Waals surface area contributed by atoms with E-state index in [0.717, 1.165) is 16.2 Å². The van der Waals surface area contributed by atoms with E-state index in [-0.39, 0.29) is 4.74 Å². The van der Waals surface area contributed by atoms with E-state index in [0.29, 0.717) is 22.1 Å². The van der Waals surface area contributed by atoms with Gasteiger partial charge in [0.15, 0.2) is 5.75 Å². The molecule has 0 bridgehead atoms. The summed E-state index contributed by atoms with van der Waals surface area (Å²) in [6, 6.07) is 0. The molecule has 0 radical (unpaired) electrons. The summed E-state index contributed by atoms with van der Waals surface area (Å²) in [6.07, 6.45) is 0. The Bertz CT molecular complexity index is 536. The van der Waals surface area contributed by atoms with Crippen molar-refractivity contribution in [2.45, 2.75) is 6.92 Å². The van der Waals surface area contributed by atoms with Gasteiger partial charge in [-0.3, -0.25) is 4.79 Å². The van der Waals surface area contributed by atoms with Gasteiger partial charge in [-0.15, -0.1) is 0 Å². The molecule has 0 aromatic heterocycles. The molecule has 0 spiro atoms. The maximum Gasteiger partial charge on any atom is 0.350 e. The third kappa shape index (κ3) is 1.74. The number of carbonyl (C=O) groups excluding carboxylic acids is 1. The van der Waals surface area contributed by atoms with E-state index in [2.05, 4.69) is 4.74 Å². The standard InChI is InChI=1S/C9H8O4S3/c1-3-13-4-5-6(14-9(4)11)7(16-15-5)8(10)12-2/h3H2,1-2H3. The normalized spacial score (nSPS) is 10.6. The van der Waals surface area contributed by atoms with Crippen molar-refractivity contribution in [1.82, 2.24) is 0 Å². The summed E-state index contributed by atoms with van der Waals surface area (Å²) in [5.74, 6) is -0.0422. The number of ether oxygens (including phenoxy) is 2. The molecular formula is C9H8O4S3. The summed E-state index contributed by atoms with van der Waals surface area (Å²) in [5.41, 5.74) is 0. The van der Waals surface area contributed by atoms with Crippen LogP contribution in [0.2, 0.25) is 0 Å². The number of thiophene rings is 1. The van der Waals surface area contributed by atoms with Crippen LogP contribution in [0.15, 0.2) is 4.79 Å². The molecule has 2 aliphatic heterocycles. The molecule has 0 N–H and O–H groups in total. The number of fused-ring (bicyclic) bond motifs is 1. The summed E-state index contributed by atoms with van der Waals surface area (Å²) in [4.78, 5) is 24.9. The van der Waals surface area contributed by atoms with Gasteiger partial charge in [0, 0.05) is 0 Å². The number of methoxy groups -OCH3 is 1. The van der Waals surface area contributed by atoms with Gasteiger partial charge in [0.1, 0.15) is 9.75 Å².